The molecule has 1 N–H and O–H groups in total. The Kier molecular flexibility index (Phi) is 2.99. The number of aromatic hydroxyl groups is 1. The normalized spacial score (nSPS) is 12.7. The zero-order valence-electron chi connectivity index (χ0n) is 9.37. The first-order valence-electron chi connectivity index (χ1n) is 5.44. The van der Waals surface area contributed by atoms with E-state index in [0.29, 0.717) is 9.10 Å². The maximum Gasteiger partial charge on any atom is 0.255 e. The Morgan fingerprint density at radius 3 is 2.33 bits per heavy atom. The molecule has 0 fully saturated rings. The van der Waals surface area contributed by atoms with Crippen LogP contribution in [0.1, 0.15) is 0 Å². The van der Waals surface area contributed by atoms with Crippen molar-refractivity contribution in [1.29, 1.82) is 0 Å². The van der Waals surface area contributed by atoms with Crippen molar-refractivity contribution in [1.82, 2.24) is 0 Å². The second-order valence-corrected chi connectivity index (χ2v) is 6.54. The third kappa shape index (κ3) is 1.88. The topological polar surface area (TPSA) is 43.3 Å². The fourth-order valence-corrected chi connectivity index (χ4v) is 4.38. The number of rotatable bonds is 2. The Bertz CT molecular complexity index is 677. The SMILES string of the molecule is [O-][S+](c1ccccc1)c1sc2ccccc2c1O. The second kappa shape index (κ2) is 4.65. The summed E-state index contributed by atoms with van der Waals surface area (Å²) in [5.41, 5.74) is 0. The van der Waals surface area contributed by atoms with Gasteiger partial charge in [0.05, 0.1) is 0 Å². The molecule has 0 aliphatic rings. The first kappa shape index (κ1) is 11.6. The number of thiophene rings is 1. The van der Waals surface area contributed by atoms with E-state index >= 15 is 0 Å². The molecule has 1 atom stereocenters. The van der Waals surface area contributed by atoms with Gasteiger partial charge in [-0.15, -0.1) is 0 Å². The quantitative estimate of drug-likeness (QED) is 0.723. The third-order valence-electron chi connectivity index (χ3n) is 2.66. The van der Waals surface area contributed by atoms with Gasteiger partial charge in [-0.3, -0.25) is 0 Å². The molecular weight excluding hydrogens is 264 g/mol. The summed E-state index contributed by atoms with van der Waals surface area (Å²) < 4.78 is 13.9. The van der Waals surface area contributed by atoms with E-state index in [1.54, 1.807) is 12.1 Å². The molecule has 18 heavy (non-hydrogen) atoms. The molecule has 2 aromatic carbocycles. The van der Waals surface area contributed by atoms with Gasteiger partial charge in [0.1, 0.15) is 0 Å². The molecule has 0 saturated carbocycles. The molecule has 2 nitrogen and oxygen atoms in total. The lowest BCUT2D eigenvalue weighted by molar-refractivity contribution is 0.470. The van der Waals surface area contributed by atoms with Crippen LogP contribution in [0.15, 0.2) is 63.7 Å². The molecule has 0 bridgehead atoms. The maximum atomic E-state index is 12.4. The van der Waals surface area contributed by atoms with Crippen LogP contribution < -0.4 is 0 Å². The van der Waals surface area contributed by atoms with Crippen molar-refractivity contribution < 1.29 is 9.66 Å². The predicted octanol–water partition coefficient (Wildman–Crippen LogP) is 3.77. The van der Waals surface area contributed by atoms with Crippen LogP contribution in [0, 0.1) is 0 Å². The van der Waals surface area contributed by atoms with Gasteiger partial charge in [-0.05, 0) is 24.3 Å². The Morgan fingerprint density at radius 1 is 0.944 bits per heavy atom. The van der Waals surface area contributed by atoms with Crippen LogP contribution in [-0.4, -0.2) is 9.66 Å². The average Bonchev–Trinajstić information content (AvgIpc) is 2.77. The van der Waals surface area contributed by atoms with Crippen LogP contribution in [0.2, 0.25) is 0 Å². The van der Waals surface area contributed by atoms with E-state index < -0.39 is 11.2 Å². The van der Waals surface area contributed by atoms with Crippen molar-refractivity contribution in [3.8, 4) is 5.75 Å². The Balaban J connectivity index is 2.12. The number of hydrogen-bond acceptors (Lipinski definition) is 3. The lowest BCUT2D eigenvalue weighted by Gasteiger charge is -2.07. The zero-order valence-corrected chi connectivity index (χ0v) is 11.0. The van der Waals surface area contributed by atoms with E-state index in [-0.39, 0.29) is 5.75 Å². The second-order valence-electron chi connectivity index (χ2n) is 3.82. The van der Waals surface area contributed by atoms with Gasteiger partial charge < -0.3 is 9.66 Å². The van der Waals surface area contributed by atoms with Gasteiger partial charge in [-0.1, -0.05) is 41.7 Å². The first-order valence-corrected chi connectivity index (χ1v) is 7.41. The predicted molar refractivity (Wildman–Crippen MR) is 74.6 cm³/mol. The van der Waals surface area contributed by atoms with E-state index in [0.717, 1.165) is 10.1 Å². The van der Waals surface area contributed by atoms with Gasteiger partial charge in [-0.2, -0.15) is 0 Å². The lowest BCUT2D eigenvalue weighted by atomic mass is 10.2. The summed E-state index contributed by atoms with van der Waals surface area (Å²) >= 11 is 0.0542. The molecule has 0 aliphatic heterocycles. The first-order chi connectivity index (χ1) is 8.77. The standard InChI is InChI=1S/C14H10O2S2/c15-13-11-8-4-5-9-12(11)17-14(13)18(16)10-6-2-1-3-7-10/h1-9,15H. The van der Waals surface area contributed by atoms with Crippen molar-refractivity contribution in [2.75, 3.05) is 0 Å². The lowest BCUT2D eigenvalue weighted by Crippen LogP contribution is -1.99. The molecule has 0 amide bonds. The van der Waals surface area contributed by atoms with Crippen molar-refractivity contribution >= 4 is 32.6 Å². The van der Waals surface area contributed by atoms with E-state index in [1.807, 2.05) is 42.5 Å². The largest absolute Gasteiger partial charge is 0.606 e. The highest BCUT2D eigenvalue weighted by Crippen LogP contribution is 2.41. The van der Waals surface area contributed by atoms with E-state index in [4.69, 9.17) is 0 Å². The summed E-state index contributed by atoms with van der Waals surface area (Å²) in [6, 6.07) is 16.7. The molecule has 4 heteroatoms. The molecule has 1 unspecified atom stereocenters. The molecule has 3 aromatic rings. The third-order valence-corrected chi connectivity index (χ3v) is 5.55. The highest BCUT2D eigenvalue weighted by Gasteiger charge is 2.24. The summed E-state index contributed by atoms with van der Waals surface area (Å²) in [5, 5.41) is 10.9. The van der Waals surface area contributed by atoms with E-state index in [9.17, 15) is 9.66 Å². The smallest absolute Gasteiger partial charge is 0.255 e. The van der Waals surface area contributed by atoms with Gasteiger partial charge in [0.15, 0.2) is 10.6 Å². The Labute approximate surface area is 112 Å². The van der Waals surface area contributed by atoms with Crippen LogP contribution in [0.5, 0.6) is 5.75 Å². The van der Waals surface area contributed by atoms with Crippen LogP contribution in [0.4, 0.5) is 0 Å². The van der Waals surface area contributed by atoms with Gasteiger partial charge in [0, 0.05) is 21.3 Å². The minimum absolute atomic E-state index is 0.137. The molecule has 0 aliphatic carbocycles. The summed E-state index contributed by atoms with van der Waals surface area (Å²) in [7, 11) is 0. The summed E-state index contributed by atoms with van der Waals surface area (Å²) in [6.45, 7) is 0. The molecule has 3 rings (SSSR count). The van der Waals surface area contributed by atoms with E-state index in [2.05, 4.69) is 0 Å². The fraction of sp³-hybridized carbons (Fsp3) is 0. The van der Waals surface area contributed by atoms with Crippen molar-refractivity contribution in [2.24, 2.45) is 0 Å². The number of fused-ring (bicyclic) bond motifs is 1. The highest BCUT2D eigenvalue weighted by atomic mass is 32.2. The van der Waals surface area contributed by atoms with E-state index in [1.165, 1.54) is 11.3 Å². The Hall–Kier alpha value is -1.49. The summed E-state index contributed by atoms with van der Waals surface area (Å²) in [6.07, 6.45) is 0. The molecular formula is C14H10O2S2. The number of benzene rings is 2. The van der Waals surface area contributed by atoms with Gasteiger partial charge in [0.25, 0.3) is 4.21 Å². The summed E-state index contributed by atoms with van der Waals surface area (Å²) in [4.78, 5) is 0.708. The van der Waals surface area contributed by atoms with Crippen LogP contribution in [0.3, 0.4) is 0 Å². The number of hydrogen-bond donors (Lipinski definition) is 1. The van der Waals surface area contributed by atoms with Gasteiger partial charge in [0.2, 0.25) is 0 Å². The minimum atomic E-state index is -1.32. The molecule has 0 spiro atoms. The van der Waals surface area contributed by atoms with Crippen LogP contribution in [0.25, 0.3) is 10.1 Å². The molecule has 1 heterocycles. The summed E-state index contributed by atoms with van der Waals surface area (Å²) in [5.74, 6) is 0.137. The van der Waals surface area contributed by atoms with Crippen molar-refractivity contribution in [2.45, 2.75) is 9.10 Å². The molecule has 0 radical (unpaired) electrons. The minimum Gasteiger partial charge on any atom is -0.606 e. The molecule has 1 aromatic heterocycles. The van der Waals surface area contributed by atoms with Crippen LogP contribution >= 0.6 is 11.3 Å². The van der Waals surface area contributed by atoms with Gasteiger partial charge in [-0.25, -0.2) is 0 Å². The molecule has 0 saturated heterocycles. The molecule has 90 valence electrons. The average molecular weight is 274 g/mol. The van der Waals surface area contributed by atoms with Gasteiger partial charge >= 0.3 is 0 Å². The highest BCUT2D eigenvalue weighted by molar-refractivity contribution is 7.93. The Morgan fingerprint density at radius 2 is 1.61 bits per heavy atom. The fourth-order valence-electron chi connectivity index (χ4n) is 1.79. The van der Waals surface area contributed by atoms with Crippen molar-refractivity contribution in [3.63, 3.8) is 0 Å². The monoisotopic (exact) mass is 274 g/mol. The zero-order chi connectivity index (χ0) is 12.5. The van der Waals surface area contributed by atoms with Crippen molar-refractivity contribution in [3.05, 3.63) is 54.6 Å². The maximum absolute atomic E-state index is 12.4. The van der Waals surface area contributed by atoms with Crippen LogP contribution in [-0.2, 0) is 11.2 Å².